The van der Waals surface area contributed by atoms with Crippen molar-refractivity contribution in [2.45, 2.75) is 80.7 Å². The van der Waals surface area contributed by atoms with Crippen molar-refractivity contribution in [3.05, 3.63) is 0 Å². The molecule has 3 saturated carbocycles. The van der Waals surface area contributed by atoms with Gasteiger partial charge in [-0.15, -0.1) is 0 Å². The molecule has 0 aliphatic heterocycles. The van der Waals surface area contributed by atoms with Crippen LogP contribution in [0.15, 0.2) is 0 Å². The van der Waals surface area contributed by atoms with Crippen molar-refractivity contribution in [1.82, 2.24) is 0 Å². The van der Waals surface area contributed by atoms with Gasteiger partial charge < -0.3 is 0 Å². The van der Waals surface area contributed by atoms with E-state index >= 15 is 0 Å². The molecule has 0 aromatic rings. The predicted molar refractivity (Wildman–Crippen MR) is 80.8 cm³/mol. The first-order valence-electron chi connectivity index (χ1n) is 8.89. The summed E-state index contributed by atoms with van der Waals surface area (Å²) in [5.74, 6) is 2.64. The number of hydrogen-bond donors (Lipinski definition) is 0. The fourth-order valence-corrected chi connectivity index (χ4v) is 6.78. The van der Waals surface area contributed by atoms with Gasteiger partial charge in [0.15, 0.2) is 0 Å². The van der Waals surface area contributed by atoms with Crippen molar-refractivity contribution in [2.24, 2.45) is 17.8 Å². The molecule has 0 aromatic carbocycles. The molecule has 3 aliphatic rings. The Morgan fingerprint density at radius 1 is 1.24 bits per heavy atom. The van der Waals surface area contributed by atoms with E-state index in [-0.39, 0.29) is 36.7 Å². The number of ether oxygens (including phenoxy) is 1. The van der Waals surface area contributed by atoms with Crippen LogP contribution in [0.4, 0.5) is 0 Å². The van der Waals surface area contributed by atoms with E-state index in [1.54, 1.807) is 0 Å². The Morgan fingerprint density at radius 2 is 2.00 bits per heavy atom. The fourth-order valence-electron chi connectivity index (χ4n) is 5.26. The maximum atomic E-state index is 12.6. The molecule has 2 nitrogen and oxygen atoms in total. The van der Waals surface area contributed by atoms with Crippen molar-refractivity contribution >= 4 is 5.97 Å². The molecule has 0 aromatic heterocycles. The average Bonchev–Trinajstić information content (AvgIpc) is 3.12. The van der Waals surface area contributed by atoms with Crippen LogP contribution in [0.3, 0.4) is 0 Å². The quantitative estimate of drug-likeness (QED) is 0.390. The van der Waals surface area contributed by atoms with E-state index in [1.807, 2.05) is 0 Å². The summed E-state index contributed by atoms with van der Waals surface area (Å²) in [5, 5.41) is 0. The number of carbonyl (C=O) groups is 1. The molecule has 0 heterocycles. The molecule has 0 amide bonds. The Hall–Kier alpha value is 0.200. The molecule has 3 aliphatic carbocycles. The molecule has 21 heavy (non-hydrogen) atoms. The molecule has 4 atom stereocenters. The molecule has 122 valence electrons. The standard InChI is InChI=1S/C18H30IO2/c1-3-16(19-2)17(20)21-18(9-5-4-6-10-18)15-12-13-7-8-14(15)11-13/h13-16H,3-12H2,1-2H3/q-1. The molecule has 4 unspecified atom stereocenters. The zero-order valence-electron chi connectivity index (χ0n) is 13.6. The minimum absolute atomic E-state index is 0.0446. The van der Waals surface area contributed by atoms with E-state index in [1.165, 1.54) is 44.9 Å². The van der Waals surface area contributed by atoms with Crippen LogP contribution in [-0.4, -0.2) is 20.4 Å². The van der Waals surface area contributed by atoms with Crippen molar-refractivity contribution < 1.29 is 30.7 Å². The summed E-state index contributed by atoms with van der Waals surface area (Å²) in [6.45, 7) is 2.14. The van der Waals surface area contributed by atoms with Gasteiger partial charge in [-0.2, -0.15) is 0 Å². The number of carbonyl (C=O) groups excluding carboxylic acids is 1. The molecular formula is C18H30IO2-. The SMILES string of the molecule is CCC([I-]C)C(=O)OC1(C2CC3CCC2C3)CCCCC1. The molecule has 0 spiro atoms. The van der Waals surface area contributed by atoms with E-state index in [4.69, 9.17) is 4.74 Å². The van der Waals surface area contributed by atoms with Crippen molar-refractivity contribution in [3.63, 3.8) is 0 Å². The van der Waals surface area contributed by atoms with Gasteiger partial charge in [0.05, 0.1) is 0 Å². The summed E-state index contributed by atoms with van der Waals surface area (Å²) in [7, 11) is 0. The number of alkyl halides is 2. The Kier molecular flexibility index (Phi) is 5.17. The predicted octanol–water partition coefficient (Wildman–Crippen LogP) is 1.17. The van der Waals surface area contributed by atoms with Gasteiger partial charge in [-0.1, -0.05) is 0 Å². The molecular weight excluding hydrogens is 375 g/mol. The summed E-state index contributed by atoms with van der Waals surface area (Å²) in [4.78, 5) is 14.9. The van der Waals surface area contributed by atoms with Crippen LogP contribution in [0, 0.1) is 17.8 Å². The number of esters is 1. The summed E-state index contributed by atoms with van der Waals surface area (Å²) in [6.07, 6.45) is 12.7. The summed E-state index contributed by atoms with van der Waals surface area (Å²) in [6, 6.07) is 0. The molecule has 3 rings (SSSR count). The number of rotatable bonds is 5. The zero-order valence-corrected chi connectivity index (χ0v) is 15.7. The summed E-state index contributed by atoms with van der Waals surface area (Å²) >= 11 is -0.0446. The number of halogens is 1. The number of fused-ring (bicyclic) bond motifs is 2. The Bertz CT molecular complexity index is 371. The molecule has 0 saturated heterocycles. The molecule has 0 radical (unpaired) electrons. The average molecular weight is 405 g/mol. The molecule has 2 bridgehead atoms. The van der Waals surface area contributed by atoms with Gasteiger partial charge in [0.2, 0.25) is 0 Å². The summed E-state index contributed by atoms with van der Waals surface area (Å²) < 4.78 is 6.57. The Balaban J connectivity index is 1.75. The van der Waals surface area contributed by atoms with E-state index in [0.29, 0.717) is 5.92 Å². The fraction of sp³-hybridized carbons (Fsp3) is 0.944. The van der Waals surface area contributed by atoms with Crippen LogP contribution in [0.5, 0.6) is 0 Å². The third-order valence-electron chi connectivity index (χ3n) is 6.30. The van der Waals surface area contributed by atoms with Crippen LogP contribution < -0.4 is 21.2 Å². The normalized spacial score (nSPS) is 35.8. The van der Waals surface area contributed by atoms with Crippen LogP contribution in [0.2, 0.25) is 0 Å². The van der Waals surface area contributed by atoms with Gasteiger partial charge in [-0.05, 0) is 0 Å². The summed E-state index contributed by atoms with van der Waals surface area (Å²) in [5.41, 5.74) is -0.0680. The second-order valence-electron chi connectivity index (χ2n) is 7.42. The van der Waals surface area contributed by atoms with Gasteiger partial charge in [-0.3, -0.25) is 0 Å². The Labute approximate surface area is 140 Å². The van der Waals surface area contributed by atoms with E-state index in [0.717, 1.165) is 31.1 Å². The molecule has 3 heteroatoms. The third-order valence-corrected chi connectivity index (χ3v) is 9.19. The first-order valence-corrected chi connectivity index (χ1v) is 12.3. The van der Waals surface area contributed by atoms with E-state index in [2.05, 4.69) is 11.9 Å². The van der Waals surface area contributed by atoms with Crippen molar-refractivity contribution in [3.8, 4) is 0 Å². The van der Waals surface area contributed by atoms with Crippen LogP contribution in [0.25, 0.3) is 0 Å². The van der Waals surface area contributed by atoms with Crippen LogP contribution in [-0.2, 0) is 9.53 Å². The van der Waals surface area contributed by atoms with Crippen molar-refractivity contribution in [2.75, 3.05) is 4.93 Å². The molecule has 3 fully saturated rings. The van der Waals surface area contributed by atoms with E-state index in [9.17, 15) is 4.79 Å². The minimum atomic E-state index is -0.0680. The number of hydrogen-bond acceptors (Lipinski definition) is 2. The molecule has 0 N–H and O–H groups in total. The second-order valence-corrected chi connectivity index (χ2v) is 10.2. The van der Waals surface area contributed by atoms with Gasteiger partial charge in [-0.25, -0.2) is 0 Å². The van der Waals surface area contributed by atoms with Crippen LogP contribution in [0.1, 0.15) is 71.1 Å². The Morgan fingerprint density at radius 3 is 2.52 bits per heavy atom. The monoisotopic (exact) mass is 405 g/mol. The first-order chi connectivity index (χ1) is 10.2. The van der Waals surface area contributed by atoms with E-state index < -0.39 is 0 Å². The second kappa shape index (κ2) is 6.76. The first kappa shape index (κ1) is 16.1. The van der Waals surface area contributed by atoms with Crippen molar-refractivity contribution in [1.29, 1.82) is 0 Å². The third kappa shape index (κ3) is 3.13. The van der Waals surface area contributed by atoms with Gasteiger partial charge in [0, 0.05) is 0 Å². The topological polar surface area (TPSA) is 26.3 Å². The van der Waals surface area contributed by atoms with Gasteiger partial charge in [0.25, 0.3) is 0 Å². The zero-order chi connectivity index (χ0) is 14.9. The van der Waals surface area contributed by atoms with Gasteiger partial charge in [0.1, 0.15) is 0 Å². The van der Waals surface area contributed by atoms with Gasteiger partial charge >= 0.3 is 140 Å². The maximum absolute atomic E-state index is 12.6. The van der Waals surface area contributed by atoms with Crippen LogP contribution >= 0.6 is 0 Å².